The van der Waals surface area contributed by atoms with Crippen molar-refractivity contribution in [2.75, 3.05) is 11.9 Å². The van der Waals surface area contributed by atoms with E-state index in [9.17, 15) is 0 Å². The van der Waals surface area contributed by atoms with E-state index in [1.807, 2.05) is 18.2 Å². The van der Waals surface area contributed by atoms with Crippen LogP contribution in [0.5, 0.6) is 5.88 Å². The molecule has 0 unspecified atom stereocenters. The first-order chi connectivity index (χ1) is 10.3. The van der Waals surface area contributed by atoms with Gasteiger partial charge in [0, 0.05) is 30.9 Å². The Hall–Kier alpha value is -2.17. The van der Waals surface area contributed by atoms with Gasteiger partial charge in [-0.05, 0) is 37.0 Å². The molecule has 110 valence electrons. The van der Waals surface area contributed by atoms with Gasteiger partial charge >= 0.3 is 0 Å². The fraction of sp³-hybridized carbons (Fsp3) is 0.438. The van der Waals surface area contributed by atoms with E-state index >= 15 is 0 Å². The second-order valence-electron chi connectivity index (χ2n) is 5.28. The van der Waals surface area contributed by atoms with Crippen molar-refractivity contribution >= 4 is 5.82 Å². The summed E-state index contributed by atoms with van der Waals surface area (Å²) in [7, 11) is 0. The Labute approximate surface area is 124 Å². The number of hydrogen-bond donors (Lipinski definition) is 1. The van der Waals surface area contributed by atoms with Crippen molar-refractivity contribution in [3.05, 3.63) is 42.0 Å². The molecular formula is C16H20N4O. The molecule has 0 atom stereocenters. The van der Waals surface area contributed by atoms with E-state index in [2.05, 4.69) is 27.2 Å². The third-order valence-electron chi connectivity index (χ3n) is 3.34. The first-order valence-corrected chi connectivity index (χ1v) is 7.49. The first-order valence-electron chi connectivity index (χ1n) is 7.49. The van der Waals surface area contributed by atoms with Gasteiger partial charge in [0.2, 0.25) is 5.88 Å². The van der Waals surface area contributed by atoms with Gasteiger partial charge in [0.15, 0.2) is 0 Å². The van der Waals surface area contributed by atoms with Gasteiger partial charge in [0.1, 0.15) is 11.6 Å². The fourth-order valence-corrected chi connectivity index (χ4v) is 2.03. The van der Waals surface area contributed by atoms with E-state index in [0.29, 0.717) is 18.4 Å². The van der Waals surface area contributed by atoms with Gasteiger partial charge in [-0.25, -0.2) is 4.98 Å². The molecule has 2 aromatic rings. The molecule has 0 aromatic carbocycles. The van der Waals surface area contributed by atoms with Crippen molar-refractivity contribution in [2.45, 2.75) is 38.6 Å². The molecule has 0 amide bonds. The monoisotopic (exact) mass is 284 g/mol. The number of rotatable bonds is 7. The van der Waals surface area contributed by atoms with Gasteiger partial charge < -0.3 is 10.1 Å². The molecule has 0 saturated heterocycles. The molecule has 5 nitrogen and oxygen atoms in total. The van der Waals surface area contributed by atoms with E-state index in [0.717, 1.165) is 24.6 Å². The summed E-state index contributed by atoms with van der Waals surface area (Å²) in [6.07, 6.45) is 6.93. The number of nitrogens with zero attached hydrogens (tertiary/aromatic N) is 3. The van der Waals surface area contributed by atoms with Gasteiger partial charge in [0.25, 0.3) is 0 Å². The molecule has 1 aliphatic rings. The quantitative estimate of drug-likeness (QED) is 0.846. The van der Waals surface area contributed by atoms with Crippen molar-refractivity contribution in [3.63, 3.8) is 0 Å². The van der Waals surface area contributed by atoms with Gasteiger partial charge in [-0.2, -0.15) is 4.98 Å². The zero-order chi connectivity index (χ0) is 14.5. The van der Waals surface area contributed by atoms with Crippen LogP contribution < -0.4 is 10.1 Å². The molecule has 3 rings (SSSR count). The Morgan fingerprint density at radius 3 is 2.76 bits per heavy atom. The van der Waals surface area contributed by atoms with E-state index < -0.39 is 0 Å². The van der Waals surface area contributed by atoms with Crippen molar-refractivity contribution in [3.8, 4) is 5.88 Å². The maximum absolute atomic E-state index is 5.67. The summed E-state index contributed by atoms with van der Waals surface area (Å²) in [5.41, 5.74) is 1.17. The summed E-state index contributed by atoms with van der Waals surface area (Å²) < 4.78 is 5.67. The molecule has 0 spiro atoms. The Bertz CT molecular complexity index is 584. The van der Waals surface area contributed by atoms with Crippen molar-refractivity contribution in [2.24, 2.45) is 0 Å². The summed E-state index contributed by atoms with van der Waals surface area (Å²) >= 11 is 0. The molecule has 1 saturated carbocycles. The Morgan fingerprint density at radius 1 is 1.24 bits per heavy atom. The van der Waals surface area contributed by atoms with Gasteiger partial charge in [-0.1, -0.05) is 6.92 Å². The molecule has 21 heavy (non-hydrogen) atoms. The van der Waals surface area contributed by atoms with E-state index in [-0.39, 0.29) is 0 Å². The predicted molar refractivity (Wildman–Crippen MR) is 81.4 cm³/mol. The van der Waals surface area contributed by atoms with E-state index in [1.165, 1.54) is 18.4 Å². The van der Waals surface area contributed by atoms with Gasteiger partial charge in [0.05, 0.1) is 6.61 Å². The number of nitrogens with one attached hydrogen (secondary N) is 1. The number of aromatic nitrogens is 3. The smallest absolute Gasteiger partial charge is 0.218 e. The lowest BCUT2D eigenvalue weighted by Gasteiger charge is -2.10. The summed E-state index contributed by atoms with van der Waals surface area (Å²) in [5.74, 6) is 2.92. The lowest BCUT2D eigenvalue weighted by atomic mass is 10.3. The number of anilines is 1. The first kappa shape index (κ1) is 13.8. The summed E-state index contributed by atoms with van der Waals surface area (Å²) in [5, 5.41) is 3.34. The highest BCUT2D eigenvalue weighted by Gasteiger charge is 2.27. The van der Waals surface area contributed by atoms with Crippen molar-refractivity contribution < 1.29 is 4.74 Å². The van der Waals surface area contributed by atoms with Gasteiger partial charge in [-0.3, -0.25) is 4.98 Å². The molecule has 2 aromatic heterocycles. The highest BCUT2D eigenvalue weighted by molar-refractivity contribution is 5.40. The average molecular weight is 284 g/mol. The van der Waals surface area contributed by atoms with Crippen LogP contribution in [0.15, 0.2) is 30.6 Å². The summed E-state index contributed by atoms with van der Waals surface area (Å²) in [6.45, 7) is 3.49. The van der Waals surface area contributed by atoms with Crippen LogP contribution >= 0.6 is 0 Å². The van der Waals surface area contributed by atoms with Crippen LogP contribution in [-0.4, -0.2) is 21.6 Å². The second-order valence-corrected chi connectivity index (χ2v) is 5.28. The molecule has 5 heteroatoms. The average Bonchev–Trinajstić information content (AvgIpc) is 3.37. The minimum Gasteiger partial charge on any atom is -0.478 e. The second kappa shape index (κ2) is 6.52. The molecule has 0 radical (unpaired) electrons. The molecular weight excluding hydrogens is 264 g/mol. The number of hydrogen-bond acceptors (Lipinski definition) is 5. The van der Waals surface area contributed by atoms with E-state index in [4.69, 9.17) is 4.74 Å². The molecule has 0 aliphatic heterocycles. The van der Waals surface area contributed by atoms with Crippen LogP contribution in [0.4, 0.5) is 5.82 Å². The van der Waals surface area contributed by atoms with Crippen molar-refractivity contribution in [1.29, 1.82) is 0 Å². The maximum Gasteiger partial charge on any atom is 0.218 e. The van der Waals surface area contributed by atoms with Crippen LogP contribution in [0.1, 0.15) is 43.5 Å². The molecule has 1 fully saturated rings. The third-order valence-corrected chi connectivity index (χ3v) is 3.34. The standard InChI is InChI=1S/C16H20N4O/c1-2-9-21-15-10-14(19-16(20-15)13-3-4-13)18-11-12-5-7-17-8-6-12/h5-8,10,13H,2-4,9,11H2,1H3,(H,18,19,20). The third kappa shape index (κ3) is 3.90. The topological polar surface area (TPSA) is 59.9 Å². The minimum absolute atomic E-state index is 0.511. The highest BCUT2D eigenvalue weighted by Crippen LogP contribution is 2.39. The van der Waals surface area contributed by atoms with Gasteiger partial charge in [-0.15, -0.1) is 0 Å². The Kier molecular flexibility index (Phi) is 4.28. The summed E-state index contributed by atoms with van der Waals surface area (Å²) in [6, 6.07) is 5.86. The van der Waals surface area contributed by atoms with Crippen molar-refractivity contribution in [1.82, 2.24) is 15.0 Å². The van der Waals surface area contributed by atoms with Crippen LogP contribution in [-0.2, 0) is 6.54 Å². The number of pyridine rings is 1. The van der Waals surface area contributed by atoms with Crippen LogP contribution in [0.3, 0.4) is 0 Å². The molecule has 1 aliphatic carbocycles. The SMILES string of the molecule is CCCOc1cc(NCc2ccncc2)nc(C2CC2)n1. The predicted octanol–water partition coefficient (Wildman–Crippen LogP) is 3.15. The molecule has 1 N–H and O–H groups in total. The zero-order valence-electron chi connectivity index (χ0n) is 12.2. The lowest BCUT2D eigenvalue weighted by molar-refractivity contribution is 0.303. The highest BCUT2D eigenvalue weighted by atomic mass is 16.5. The molecule has 2 heterocycles. The zero-order valence-corrected chi connectivity index (χ0v) is 12.2. The summed E-state index contributed by atoms with van der Waals surface area (Å²) in [4.78, 5) is 13.1. The van der Waals surface area contributed by atoms with Crippen LogP contribution in [0.2, 0.25) is 0 Å². The largest absolute Gasteiger partial charge is 0.478 e. The van der Waals surface area contributed by atoms with Crippen LogP contribution in [0.25, 0.3) is 0 Å². The van der Waals surface area contributed by atoms with E-state index in [1.54, 1.807) is 12.4 Å². The number of ether oxygens (including phenoxy) is 1. The minimum atomic E-state index is 0.511. The van der Waals surface area contributed by atoms with Crippen LogP contribution in [0, 0.1) is 0 Å². The maximum atomic E-state index is 5.67. The lowest BCUT2D eigenvalue weighted by Crippen LogP contribution is -2.06. The normalized spacial score (nSPS) is 14.0. The fourth-order valence-electron chi connectivity index (χ4n) is 2.03. The molecule has 0 bridgehead atoms. The Balaban J connectivity index is 1.72. The Morgan fingerprint density at radius 2 is 2.05 bits per heavy atom.